The topological polar surface area (TPSA) is 59.6 Å². The fraction of sp³-hybridized carbons (Fsp3) is 0.562. The van der Waals surface area contributed by atoms with Gasteiger partial charge in [0.25, 0.3) is 5.91 Å². The molecule has 1 aromatic rings. The minimum Gasteiger partial charge on any atom is -0.494 e. The predicted molar refractivity (Wildman–Crippen MR) is 89.0 cm³/mol. The third kappa shape index (κ3) is 6.22. The van der Waals surface area contributed by atoms with E-state index in [1.807, 2.05) is 12.1 Å². The number of ether oxygens (including phenoxy) is 2. The van der Waals surface area contributed by atoms with Crippen LogP contribution >= 0.6 is 12.4 Å². The van der Waals surface area contributed by atoms with E-state index in [0.29, 0.717) is 18.8 Å². The molecule has 0 bridgehead atoms. The Morgan fingerprint density at radius 3 is 2.73 bits per heavy atom. The molecule has 1 atom stereocenters. The molecule has 1 heterocycles. The molecular weight excluding hydrogens is 304 g/mol. The Bertz CT molecular complexity index is 434. The summed E-state index contributed by atoms with van der Waals surface area (Å²) in [6, 6.07) is 7.51. The van der Waals surface area contributed by atoms with Crippen LogP contribution in [0.15, 0.2) is 24.3 Å². The number of benzene rings is 1. The Morgan fingerprint density at radius 1 is 1.32 bits per heavy atom. The van der Waals surface area contributed by atoms with Gasteiger partial charge in [0.1, 0.15) is 5.75 Å². The molecule has 5 nitrogen and oxygen atoms in total. The molecule has 1 aliphatic rings. The van der Waals surface area contributed by atoms with Crippen LogP contribution in [0, 0.1) is 0 Å². The van der Waals surface area contributed by atoms with Crippen LogP contribution in [0.4, 0.5) is 0 Å². The van der Waals surface area contributed by atoms with Gasteiger partial charge in [0, 0.05) is 38.3 Å². The molecule has 1 fully saturated rings. The first kappa shape index (κ1) is 18.7. The maximum absolute atomic E-state index is 12.1. The van der Waals surface area contributed by atoms with Crippen LogP contribution in [-0.2, 0) is 4.74 Å². The van der Waals surface area contributed by atoms with Gasteiger partial charge in [0.15, 0.2) is 0 Å². The summed E-state index contributed by atoms with van der Waals surface area (Å²) in [4.78, 5) is 12.1. The Kier molecular flexibility index (Phi) is 8.89. The molecule has 22 heavy (non-hydrogen) atoms. The highest BCUT2D eigenvalue weighted by atomic mass is 35.5. The van der Waals surface area contributed by atoms with Gasteiger partial charge in [-0.05, 0) is 43.7 Å². The first-order valence-electron chi connectivity index (χ1n) is 7.53. The predicted octanol–water partition coefficient (Wildman–Crippen LogP) is 2.01. The van der Waals surface area contributed by atoms with Crippen molar-refractivity contribution in [1.29, 1.82) is 0 Å². The number of methoxy groups -OCH3 is 1. The van der Waals surface area contributed by atoms with Crippen molar-refractivity contribution < 1.29 is 14.3 Å². The average Bonchev–Trinajstić information content (AvgIpc) is 2.53. The van der Waals surface area contributed by atoms with Gasteiger partial charge < -0.3 is 20.1 Å². The molecule has 1 aromatic carbocycles. The van der Waals surface area contributed by atoms with Crippen LogP contribution in [0.25, 0.3) is 0 Å². The van der Waals surface area contributed by atoms with E-state index < -0.39 is 0 Å². The summed E-state index contributed by atoms with van der Waals surface area (Å²) in [5, 5.41) is 6.35. The van der Waals surface area contributed by atoms with E-state index in [0.717, 1.165) is 38.1 Å². The van der Waals surface area contributed by atoms with Gasteiger partial charge in [-0.3, -0.25) is 4.79 Å². The normalized spacial score (nSPS) is 17.4. The largest absolute Gasteiger partial charge is 0.494 e. The minimum atomic E-state index is -0.0189. The number of rotatable bonds is 7. The standard InChI is InChI=1S/C16H24N2O3.ClH/c1-20-10-3-11-21-15-7-5-13(6-8-15)16(19)18-14-4-2-9-17-12-14;/h5-8,14,17H,2-4,9-12H2,1H3,(H,18,19);1H. The third-order valence-electron chi connectivity index (χ3n) is 3.51. The fourth-order valence-corrected chi connectivity index (χ4v) is 2.34. The van der Waals surface area contributed by atoms with Gasteiger partial charge in [0.2, 0.25) is 0 Å². The minimum absolute atomic E-state index is 0. The third-order valence-corrected chi connectivity index (χ3v) is 3.51. The molecule has 1 saturated heterocycles. The second-order valence-corrected chi connectivity index (χ2v) is 5.24. The zero-order chi connectivity index (χ0) is 14.9. The first-order chi connectivity index (χ1) is 10.3. The summed E-state index contributed by atoms with van der Waals surface area (Å²) < 4.78 is 10.5. The van der Waals surface area contributed by atoms with Gasteiger partial charge in [-0.2, -0.15) is 0 Å². The summed E-state index contributed by atoms with van der Waals surface area (Å²) in [5.41, 5.74) is 0.671. The van der Waals surface area contributed by atoms with E-state index in [4.69, 9.17) is 9.47 Å². The van der Waals surface area contributed by atoms with E-state index in [2.05, 4.69) is 10.6 Å². The number of halogens is 1. The van der Waals surface area contributed by atoms with Crippen molar-refractivity contribution in [2.24, 2.45) is 0 Å². The van der Waals surface area contributed by atoms with Gasteiger partial charge in [-0.25, -0.2) is 0 Å². The van der Waals surface area contributed by atoms with Crippen LogP contribution in [0.5, 0.6) is 5.75 Å². The van der Waals surface area contributed by atoms with E-state index in [-0.39, 0.29) is 24.4 Å². The number of hydrogen-bond acceptors (Lipinski definition) is 4. The number of amides is 1. The maximum atomic E-state index is 12.1. The molecular formula is C16H25ClN2O3. The number of nitrogens with one attached hydrogen (secondary N) is 2. The van der Waals surface area contributed by atoms with Crippen molar-refractivity contribution in [1.82, 2.24) is 10.6 Å². The van der Waals surface area contributed by atoms with Gasteiger partial charge in [-0.1, -0.05) is 0 Å². The van der Waals surface area contributed by atoms with E-state index in [9.17, 15) is 4.79 Å². The fourth-order valence-electron chi connectivity index (χ4n) is 2.34. The average molecular weight is 329 g/mol. The van der Waals surface area contributed by atoms with Crippen molar-refractivity contribution in [3.8, 4) is 5.75 Å². The Morgan fingerprint density at radius 2 is 2.09 bits per heavy atom. The molecule has 0 saturated carbocycles. The van der Waals surface area contributed by atoms with Crippen molar-refractivity contribution >= 4 is 18.3 Å². The second-order valence-electron chi connectivity index (χ2n) is 5.24. The van der Waals surface area contributed by atoms with E-state index in [1.165, 1.54) is 0 Å². The number of piperidine rings is 1. The van der Waals surface area contributed by atoms with Crippen molar-refractivity contribution in [3.05, 3.63) is 29.8 Å². The summed E-state index contributed by atoms with van der Waals surface area (Å²) in [6.07, 6.45) is 3.01. The number of carbonyl (C=O) groups is 1. The lowest BCUT2D eigenvalue weighted by Crippen LogP contribution is -2.45. The molecule has 2 N–H and O–H groups in total. The lowest BCUT2D eigenvalue weighted by Gasteiger charge is -2.23. The molecule has 0 spiro atoms. The Labute approximate surface area is 138 Å². The Hall–Kier alpha value is -1.30. The molecule has 1 aliphatic heterocycles. The van der Waals surface area contributed by atoms with Gasteiger partial charge >= 0.3 is 0 Å². The smallest absolute Gasteiger partial charge is 0.251 e. The molecule has 0 aliphatic carbocycles. The van der Waals surface area contributed by atoms with Crippen LogP contribution in [0.2, 0.25) is 0 Å². The lowest BCUT2D eigenvalue weighted by molar-refractivity contribution is 0.0930. The molecule has 0 aromatic heterocycles. The van der Waals surface area contributed by atoms with E-state index in [1.54, 1.807) is 19.2 Å². The van der Waals surface area contributed by atoms with Crippen LogP contribution in [0.3, 0.4) is 0 Å². The second kappa shape index (κ2) is 10.4. The maximum Gasteiger partial charge on any atom is 0.251 e. The van der Waals surface area contributed by atoms with Gasteiger partial charge in [0.05, 0.1) is 6.61 Å². The monoisotopic (exact) mass is 328 g/mol. The molecule has 1 amide bonds. The van der Waals surface area contributed by atoms with Crippen LogP contribution in [0.1, 0.15) is 29.6 Å². The van der Waals surface area contributed by atoms with Crippen LogP contribution in [-0.4, -0.2) is 45.4 Å². The van der Waals surface area contributed by atoms with Crippen molar-refractivity contribution in [2.45, 2.75) is 25.3 Å². The number of hydrogen-bond donors (Lipinski definition) is 2. The lowest BCUT2D eigenvalue weighted by atomic mass is 10.1. The summed E-state index contributed by atoms with van der Waals surface area (Å²) in [7, 11) is 1.68. The summed E-state index contributed by atoms with van der Waals surface area (Å²) in [5.74, 6) is 0.761. The molecule has 1 unspecified atom stereocenters. The molecule has 0 radical (unpaired) electrons. The Balaban J connectivity index is 0.00000242. The molecule has 6 heteroatoms. The zero-order valence-electron chi connectivity index (χ0n) is 13.0. The zero-order valence-corrected chi connectivity index (χ0v) is 13.8. The highest BCUT2D eigenvalue weighted by Gasteiger charge is 2.16. The van der Waals surface area contributed by atoms with Crippen LogP contribution < -0.4 is 15.4 Å². The van der Waals surface area contributed by atoms with E-state index >= 15 is 0 Å². The summed E-state index contributed by atoms with van der Waals surface area (Å²) in [6.45, 7) is 3.21. The molecule has 2 rings (SSSR count). The number of carbonyl (C=O) groups excluding carboxylic acids is 1. The van der Waals surface area contributed by atoms with Gasteiger partial charge in [-0.15, -0.1) is 12.4 Å². The SMILES string of the molecule is COCCCOc1ccc(C(=O)NC2CCCNC2)cc1.Cl. The molecule has 124 valence electrons. The van der Waals surface area contributed by atoms with Crippen molar-refractivity contribution in [2.75, 3.05) is 33.4 Å². The quantitative estimate of drug-likeness (QED) is 0.752. The first-order valence-corrected chi connectivity index (χ1v) is 7.53. The van der Waals surface area contributed by atoms with Crippen molar-refractivity contribution in [3.63, 3.8) is 0 Å². The highest BCUT2D eigenvalue weighted by Crippen LogP contribution is 2.13. The summed E-state index contributed by atoms with van der Waals surface area (Å²) >= 11 is 0. The highest BCUT2D eigenvalue weighted by molar-refractivity contribution is 5.94.